The fraction of sp³-hybridized carbons (Fsp3) is 0.125. The topological polar surface area (TPSA) is 115 Å². The van der Waals surface area contributed by atoms with E-state index in [2.05, 4.69) is 20.0 Å². The third kappa shape index (κ3) is 2.79. The number of hydrazone groups is 1. The Labute approximate surface area is 169 Å². The molecule has 4 rings (SSSR count). The zero-order valence-corrected chi connectivity index (χ0v) is 16.0. The number of nitro groups is 1. The molecule has 2 heterocycles. The summed E-state index contributed by atoms with van der Waals surface area (Å²) >= 11 is 0. The Balaban J connectivity index is 0.00000196. The van der Waals surface area contributed by atoms with E-state index in [-0.39, 0.29) is 52.2 Å². The SMILES string of the molecule is CC1=NN(c2ccccc2)C(=O)C1c1ccc([N+](=O)[O-])c2nonc12.[Na+]. The van der Waals surface area contributed by atoms with Crippen LogP contribution in [0, 0.1) is 10.1 Å². The molecule has 0 saturated heterocycles. The molecule has 1 aliphatic heterocycles. The largest absolute Gasteiger partial charge is 1.00 e. The second kappa shape index (κ2) is 6.94. The van der Waals surface area contributed by atoms with Gasteiger partial charge in [-0.25, -0.2) is 4.63 Å². The van der Waals surface area contributed by atoms with Crippen molar-refractivity contribution in [1.82, 2.24) is 10.3 Å². The normalized spacial score (nSPS) is 16.5. The van der Waals surface area contributed by atoms with Crippen LogP contribution in [-0.2, 0) is 4.79 Å². The molecule has 0 aliphatic carbocycles. The molecule has 1 aliphatic rings. The maximum atomic E-state index is 12.9. The summed E-state index contributed by atoms with van der Waals surface area (Å²) < 4.78 is 4.67. The average molecular weight is 360 g/mol. The Bertz CT molecular complexity index is 1030. The predicted molar refractivity (Wildman–Crippen MR) is 88.2 cm³/mol. The van der Waals surface area contributed by atoms with Gasteiger partial charge in [-0.3, -0.25) is 14.9 Å². The Hall–Kier alpha value is -2.62. The summed E-state index contributed by atoms with van der Waals surface area (Å²) in [6.45, 7) is 1.73. The number of nitrogens with zero attached hydrogens (tertiary/aromatic N) is 5. The Morgan fingerprint density at radius 2 is 1.81 bits per heavy atom. The Morgan fingerprint density at radius 1 is 1.12 bits per heavy atom. The van der Waals surface area contributed by atoms with Crippen molar-refractivity contribution in [1.29, 1.82) is 0 Å². The minimum absolute atomic E-state index is 0. The van der Waals surface area contributed by atoms with Gasteiger partial charge in [-0.2, -0.15) is 10.1 Å². The second-order valence-electron chi connectivity index (χ2n) is 5.55. The van der Waals surface area contributed by atoms with Gasteiger partial charge in [0.25, 0.3) is 5.91 Å². The monoisotopic (exact) mass is 360 g/mol. The maximum absolute atomic E-state index is 12.9. The molecule has 0 saturated carbocycles. The number of anilines is 1. The van der Waals surface area contributed by atoms with Crippen molar-refractivity contribution in [3.8, 4) is 0 Å². The van der Waals surface area contributed by atoms with E-state index in [0.717, 1.165) is 0 Å². The molecule has 1 aromatic heterocycles. The summed E-state index contributed by atoms with van der Waals surface area (Å²) in [6.07, 6.45) is 0. The third-order valence-corrected chi connectivity index (χ3v) is 4.07. The standard InChI is InChI=1S/C16H11N5O4.Na/c1-9-13(16(22)20(17-9)10-5-3-2-4-6-10)11-7-8-12(21(23)24)15-14(11)18-25-19-15;/h2-8,13H,1H3;/q;+1. The fourth-order valence-corrected chi connectivity index (χ4v) is 2.93. The van der Waals surface area contributed by atoms with Gasteiger partial charge in [0, 0.05) is 11.6 Å². The number of hydrogen-bond donors (Lipinski definition) is 0. The number of benzene rings is 2. The molecule has 26 heavy (non-hydrogen) atoms. The first kappa shape index (κ1) is 18.2. The van der Waals surface area contributed by atoms with Gasteiger partial charge in [-0.05, 0) is 35.4 Å². The molecule has 0 fully saturated rings. The summed E-state index contributed by atoms with van der Waals surface area (Å²) in [5, 5.41) is 24.1. The van der Waals surface area contributed by atoms with Crippen LogP contribution in [0.15, 0.2) is 52.2 Å². The molecular formula is C16H11N5NaO4+. The second-order valence-corrected chi connectivity index (χ2v) is 5.55. The minimum Gasteiger partial charge on any atom is -0.271 e. The first-order chi connectivity index (χ1) is 12.1. The summed E-state index contributed by atoms with van der Waals surface area (Å²) in [6, 6.07) is 11.8. The van der Waals surface area contributed by atoms with Crippen LogP contribution in [0.25, 0.3) is 11.0 Å². The van der Waals surface area contributed by atoms with Gasteiger partial charge in [0.05, 0.1) is 16.3 Å². The van der Waals surface area contributed by atoms with Crippen molar-refractivity contribution >= 4 is 34.0 Å². The number of amides is 1. The molecule has 0 N–H and O–H groups in total. The van der Waals surface area contributed by atoms with E-state index in [1.54, 1.807) is 19.1 Å². The van der Waals surface area contributed by atoms with Crippen molar-refractivity contribution in [3.63, 3.8) is 0 Å². The summed E-state index contributed by atoms with van der Waals surface area (Å²) in [5.74, 6) is -0.961. The quantitative estimate of drug-likeness (QED) is 0.358. The van der Waals surface area contributed by atoms with Gasteiger partial charge in [0.15, 0.2) is 0 Å². The number of hydrogen-bond acceptors (Lipinski definition) is 7. The number of fused-ring (bicyclic) bond motifs is 1. The van der Waals surface area contributed by atoms with Gasteiger partial charge in [0.2, 0.25) is 5.52 Å². The number of nitro benzene ring substituents is 1. The van der Waals surface area contributed by atoms with Crippen LogP contribution in [0.3, 0.4) is 0 Å². The molecule has 1 unspecified atom stereocenters. The van der Waals surface area contributed by atoms with Gasteiger partial charge in [-0.15, -0.1) is 0 Å². The van der Waals surface area contributed by atoms with E-state index in [9.17, 15) is 14.9 Å². The van der Waals surface area contributed by atoms with E-state index in [1.165, 1.54) is 17.1 Å². The van der Waals surface area contributed by atoms with Crippen LogP contribution in [0.5, 0.6) is 0 Å². The van der Waals surface area contributed by atoms with E-state index in [4.69, 9.17) is 0 Å². The van der Waals surface area contributed by atoms with E-state index < -0.39 is 10.8 Å². The summed E-state index contributed by atoms with van der Waals surface area (Å²) in [7, 11) is 0. The van der Waals surface area contributed by atoms with Crippen LogP contribution >= 0.6 is 0 Å². The number of carbonyl (C=O) groups is 1. The zero-order valence-electron chi connectivity index (χ0n) is 14.0. The molecule has 124 valence electrons. The van der Waals surface area contributed by atoms with Crippen LogP contribution in [0.2, 0.25) is 0 Å². The van der Waals surface area contributed by atoms with Crippen molar-refractivity contribution in [3.05, 3.63) is 58.1 Å². The number of aromatic nitrogens is 2. The van der Waals surface area contributed by atoms with Crippen LogP contribution in [-0.4, -0.2) is 26.9 Å². The molecular weight excluding hydrogens is 349 g/mol. The number of carbonyl (C=O) groups excluding carboxylic acids is 1. The van der Waals surface area contributed by atoms with Gasteiger partial charge >= 0.3 is 35.2 Å². The smallest absolute Gasteiger partial charge is 0.271 e. The van der Waals surface area contributed by atoms with Gasteiger partial charge in [0.1, 0.15) is 11.4 Å². The van der Waals surface area contributed by atoms with Crippen molar-refractivity contribution in [2.24, 2.45) is 5.10 Å². The Morgan fingerprint density at radius 3 is 2.50 bits per heavy atom. The predicted octanol–water partition coefficient (Wildman–Crippen LogP) is -0.359. The molecule has 0 bridgehead atoms. The third-order valence-electron chi connectivity index (χ3n) is 4.07. The molecule has 9 nitrogen and oxygen atoms in total. The molecule has 2 aromatic carbocycles. The maximum Gasteiger partial charge on any atom is 1.00 e. The molecule has 1 atom stereocenters. The van der Waals surface area contributed by atoms with Crippen LogP contribution in [0.4, 0.5) is 11.4 Å². The average Bonchev–Trinajstić information content (AvgIpc) is 3.20. The van der Waals surface area contributed by atoms with Crippen LogP contribution in [0.1, 0.15) is 18.4 Å². The summed E-state index contributed by atoms with van der Waals surface area (Å²) in [4.78, 5) is 23.4. The minimum atomic E-state index is -0.699. The van der Waals surface area contributed by atoms with E-state index in [0.29, 0.717) is 17.0 Å². The van der Waals surface area contributed by atoms with Crippen molar-refractivity contribution < 1.29 is 43.9 Å². The van der Waals surface area contributed by atoms with Gasteiger partial charge < -0.3 is 0 Å². The van der Waals surface area contributed by atoms with Gasteiger partial charge in [-0.1, -0.05) is 18.2 Å². The van der Waals surface area contributed by atoms with E-state index in [1.807, 2.05) is 18.2 Å². The number of para-hydroxylation sites is 1. The van der Waals surface area contributed by atoms with E-state index >= 15 is 0 Å². The van der Waals surface area contributed by atoms with Crippen LogP contribution < -0.4 is 34.6 Å². The molecule has 3 aromatic rings. The molecule has 0 radical (unpaired) electrons. The molecule has 1 amide bonds. The summed E-state index contributed by atoms with van der Waals surface area (Å²) in [5.41, 5.74) is 1.67. The first-order valence-electron chi connectivity index (χ1n) is 7.41. The number of rotatable bonds is 3. The Kier molecular flexibility index (Phi) is 4.86. The number of non-ortho nitro benzene ring substituents is 1. The molecule has 0 spiro atoms. The first-order valence-corrected chi connectivity index (χ1v) is 7.41. The van der Waals surface area contributed by atoms with Crippen molar-refractivity contribution in [2.45, 2.75) is 12.8 Å². The van der Waals surface area contributed by atoms with Crippen molar-refractivity contribution in [2.75, 3.05) is 5.01 Å². The fourth-order valence-electron chi connectivity index (χ4n) is 2.93. The molecule has 10 heteroatoms. The zero-order chi connectivity index (χ0) is 17.6.